The predicted octanol–water partition coefficient (Wildman–Crippen LogP) is 1.88. The molecule has 1 saturated heterocycles. The Kier molecular flexibility index (Phi) is 7.81. The van der Waals surface area contributed by atoms with Crippen LogP contribution in [-0.4, -0.2) is 50.3 Å². The summed E-state index contributed by atoms with van der Waals surface area (Å²) in [6.45, 7) is 11.0. The minimum absolute atomic E-state index is 0.415. The summed E-state index contributed by atoms with van der Waals surface area (Å²) in [7, 11) is 0. The third kappa shape index (κ3) is 6.46. The van der Waals surface area contributed by atoms with Gasteiger partial charge in [-0.2, -0.15) is 0 Å². The molecule has 16 heavy (non-hydrogen) atoms. The van der Waals surface area contributed by atoms with E-state index < -0.39 is 0 Å². The van der Waals surface area contributed by atoms with Crippen LogP contribution in [0.15, 0.2) is 0 Å². The zero-order valence-corrected chi connectivity index (χ0v) is 11.0. The van der Waals surface area contributed by atoms with E-state index in [1.165, 1.54) is 38.8 Å². The van der Waals surface area contributed by atoms with E-state index in [-0.39, 0.29) is 0 Å². The average Bonchev–Trinajstić information content (AvgIpc) is 2.28. The molecular formula is C13H28N2O. The maximum atomic E-state index is 5.52. The number of nitrogens with one attached hydrogen (secondary N) is 1. The zero-order chi connectivity index (χ0) is 11.6. The Labute approximate surface area is 101 Å². The summed E-state index contributed by atoms with van der Waals surface area (Å²) in [6, 6.07) is 0. The van der Waals surface area contributed by atoms with Crippen LogP contribution in [0.25, 0.3) is 0 Å². The Morgan fingerprint density at radius 1 is 1.25 bits per heavy atom. The van der Waals surface area contributed by atoms with Crippen LogP contribution in [0.3, 0.4) is 0 Å². The lowest BCUT2D eigenvalue weighted by molar-refractivity contribution is -0.0176. The van der Waals surface area contributed by atoms with Gasteiger partial charge in [0.2, 0.25) is 0 Å². The molecule has 0 amide bonds. The summed E-state index contributed by atoms with van der Waals surface area (Å²) in [4.78, 5) is 2.49. The zero-order valence-electron chi connectivity index (χ0n) is 11.0. The molecule has 3 nitrogen and oxygen atoms in total. The molecule has 0 spiro atoms. The molecule has 0 bridgehead atoms. The van der Waals surface area contributed by atoms with E-state index >= 15 is 0 Å². The van der Waals surface area contributed by atoms with Crippen LogP contribution in [-0.2, 0) is 4.74 Å². The van der Waals surface area contributed by atoms with Gasteiger partial charge < -0.3 is 10.1 Å². The molecule has 96 valence electrons. The second-order valence-electron chi connectivity index (χ2n) is 4.79. The van der Waals surface area contributed by atoms with Gasteiger partial charge in [-0.3, -0.25) is 4.90 Å². The highest BCUT2D eigenvalue weighted by Gasteiger charge is 2.15. The highest BCUT2D eigenvalue weighted by molar-refractivity contribution is 4.68. The summed E-state index contributed by atoms with van der Waals surface area (Å²) >= 11 is 0. The quantitative estimate of drug-likeness (QED) is 0.642. The van der Waals surface area contributed by atoms with Crippen LogP contribution in [0.1, 0.15) is 39.5 Å². The number of hydrogen-bond acceptors (Lipinski definition) is 3. The Morgan fingerprint density at radius 3 is 2.88 bits per heavy atom. The lowest BCUT2D eigenvalue weighted by Crippen LogP contribution is -2.43. The van der Waals surface area contributed by atoms with Gasteiger partial charge in [-0.15, -0.1) is 0 Å². The molecule has 0 aromatic rings. The summed E-state index contributed by atoms with van der Waals surface area (Å²) in [5, 5.41) is 3.52. The highest BCUT2D eigenvalue weighted by Crippen LogP contribution is 2.03. The van der Waals surface area contributed by atoms with E-state index in [0.29, 0.717) is 6.10 Å². The van der Waals surface area contributed by atoms with E-state index in [2.05, 4.69) is 24.1 Å². The van der Waals surface area contributed by atoms with Crippen molar-refractivity contribution in [2.75, 3.05) is 39.3 Å². The Bertz CT molecular complexity index is 164. The second-order valence-corrected chi connectivity index (χ2v) is 4.79. The van der Waals surface area contributed by atoms with Crippen molar-refractivity contribution in [3.8, 4) is 0 Å². The van der Waals surface area contributed by atoms with Gasteiger partial charge in [0.05, 0.1) is 12.7 Å². The summed E-state index contributed by atoms with van der Waals surface area (Å²) in [5.74, 6) is 0. The number of rotatable bonds is 8. The molecule has 0 aromatic carbocycles. The SMILES string of the molecule is CCCCCCNCCN1CCOC(C)C1. The molecule has 1 aliphatic heterocycles. The molecule has 1 atom stereocenters. The van der Waals surface area contributed by atoms with Gasteiger partial charge in [-0.25, -0.2) is 0 Å². The number of hydrogen-bond donors (Lipinski definition) is 1. The summed E-state index contributed by atoms with van der Waals surface area (Å²) in [6.07, 6.45) is 5.82. The fraction of sp³-hybridized carbons (Fsp3) is 1.00. The topological polar surface area (TPSA) is 24.5 Å². The van der Waals surface area contributed by atoms with Crippen molar-refractivity contribution in [2.45, 2.75) is 45.6 Å². The van der Waals surface area contributed by atoms with Crippen LogP contribution in [0, 0.1) is 0 Å². The Hall–Kier alpha value is -0.120. The monoisotopic (exact) mass is 228 g/mol. The van der Waals surface area contributed by atoms with Crippen LogP contribution >= 0.6 is 0 Å². The first-order valence-corrected chi connectivity index (χ1v) is 6.87. The average molecular weight is 228 g/mol. The van der Waals surface area contributed by atoms with Crippen LogP contribution in [0.2, 0.25) is 0 Å². The van der Waals surface area contributed by atoms with Gasteiger partial charge in [-0.1, -0.05) is 26.2 Å². The standard InChI is InChI=1S/C13H28N2O/c1-3-4-5-6-7-14-8-9-15-10-11-16-13(2)12-15/h13-14H,3-12H2,1-2H3. The molecule has 1 fully saturated rings. The molecule has 0 aliphatic carbocycles. The number of morpholine rings is 1. The van der Waals surface area contributed by atoms with E-state index in [0.717, 1.165) is 26.2 Å². The predicted molar refractivity (Wildman–Crippen MR) is 68.9 cm³/mol. The lowest BCUT2D eigenvalue weighted by atomic mass is 10.2. The van der Waals surface area contributed by atoms with Crippen LogP contribution < -0.4 is 5.32 Å². The van der Waals surface area contributed by atoms with Crippen molar-refractivity contribution in [3.63, 3.8) is 0 Å². The maximum Gasteiger partial charge on any atom is 0.0674 e. The van der Waals surface area contributed by atoms with E-state index in [9.17, 15) is 0 Å². The minimum Gasteiger partial charge on any atom is -0.376 e. The first-order valence-electron chi connectivity index (χ1n) is 6.87. The van der Waals surface area contributed by atoms with Gasteiger partial charge in [0, 0.05) is 26.2 Å². The van der Waals surface area contributed by atoms with E-state index in [1.54, 1.807) is 0 Å². The smallest absolute Gasteiger partial charge is 0.0674 e. The largest absolute Gasteiger partial charge is 0.376 e. The van der Waals surface area contributed by atoms with Crippen molar-refractivity contribution in [3.05, 3.63) is 0 Å². The van der Waals surface area contributed by atoms with Crippen molar-refractivity contribution >= 4 is 0 Å². The second kappa shape index (κ2) is 8.97. The number of unbranched alkanes of at least 4 members (excludes halogenated alkanes) is 3. The fourth-order valence-electron chi connectivity index (χ4n) is 2.13. The molecule has 0 saturated carbocycles. The van der Waals surface area contributed by atoms with Gasteiger partial charge in [0.15, 0.2) is 0 Å². The molecule has 1 N–H and O–H groups in total. The van der Waals surface area contributed by atoms with Gasteiger partial charge in [-0.05, 0) is 19.9 Å². The summed E-state index contributed by atoms with van der Waals surface area (Å²) < 4.78 is 5.52. The van der Waals surface area contributed by atoms with Crippen molar-refractivity contribution in [1.29, 1.82) is 0 Å². The van der Waals surface area contributed by atoms with Gasteiger partial charge in [0.25, 0.3) is 0 Å². The normalized spacial score (nSPS) is 22.5. The van der Waals surface area contributed by atoms with Gasteiger partial charge in [0.1, 0.15) is 0 Å². The highest BCUT2D eigenvalue weighted by atomic mass is 16.5. The molecule has 3 heteroatoms. The Balaban J connectivity index is 1.86. The maximum absolute atomic E-state index is 5.52. The molecule has 1 heterocycles. The summed E-state index contributed by atoms with van der Waals surface area (Å²) in [5.41, 5.74) is 0. The lowest BCUT2D eigenvalue weighted by Gasteiger charge is -2.31. The van der Waals surface area contributed by atoms with Crippen molar-refractivity contribution in [2.24, 2.45) is 0 Å². The van der Waals surface area contributed by atoms with E-state index in [1.807, 2.05) is 0 Å². The first kappa shape index (κ1) is 13.9. The number of ether oxygens (including phenoxy) is 1. The van der Waals surface area contributed by atoms with Crippen LogP contribution in [0.4, 0.5) is 0 Å². The third-order valence-corrected chi connectivity index (χ3v) is 3.14. The van der Waals surface area contributed by atoms with Crippen molar-refractivity contribution in [1.82, 2.24) is 10.2 Å². The van der Waals surface area contributed by atoms with Crippen LogP contribution in [0.5, 0.6) is 0 Å². The van der Waals surface area contributed by atoms with E-state index in [4.69, 9.17) is 4.74 Å². The minimum atomic E-state index is 0.415. The molecule has 0 aromatic heterocycles. The van der Waals surface area contributed by atoms with Gasteiger partial charge >= 0.3 is 0 Å². The molecule has 1 aliphatic rings. The fourth-order valence-corrected chi connectivity index (χ4v) is 2.13. The molecule has 1 rings (SSSR count). The number of nitrogens with zero attached hydrogens (tertiary/aromatic N) is 1. The third-order valence-electron chi connectivity index (χ3n) is 3.14. The molecular weight excluding hydrogens is 200 g/mol. The molecule has 1 unspecified atom stereocenters. The van der Waals surface area contributed by atoms with Crippen molar-refractivity contribution < 1.29 is 4.74 Å². The Morgan fingerprint density at radius 2 is 2.12 bits per heavy atom. The first-order chi connectivity index (χ1) is 7.83. The molecule has 0 radical (unpaired) electrons.